The molecule has 0 saturated heterocycles. The summed E-state index contributed by atoms with van der Waals surface area (Å²) in [5, 5.41) is 0. The molecular formula is C31H46O2. The molecule has 5 fully saturated rings. The molecule has 0 radical (unpaired) electrons. The Hall–Kier alpha value is -0.920. The highest BCUT2D eigenvalue weighted by Crippen LogP contribution is 2.72. The van der Waals surface area contributed by atoms with Crippen molar-refractivity contribution >= 4 is 11.6 Å². The lowest BCUT2D eigenvalue weighted by molar-refractivity contribution is -0.171. The molecule has 0 aliphatic heterocycles. The molecule has 2 heteroatoms. The summed E-state index contributed by atoms with van der Waals surface area (Å²) in [5.41, 5.74) is 3.05. The summed E-state index contributed by atoms with van der Waals surface area (Å²) in [6.45, 7) is 14.5. The van der Waals surface area contributed by atoms with E-state index in [1.165, 1.54) is 51.4 Å². The zero-order valence-electron chi connectivity index (χ0n) is 22.1. The topological polar surface area (TPSA) is 34.1 Å². The molecule has 9 atom stereocenters. The van der Waals surface area contributed by atoms with E-state index in [9.17, 15) is 9.59 Å². The summed E-state index contributed by atoms with van der Waals surface area (Å²) >= 11 is 0. The minimum absolute atomic E-state index is 0.161. The Labute approximate surface area is 201 Å². The third-order valence-corrected chi connectivity index (χ3v) is 13.6. The molecule has 6 aliphatic rings. The van der Waals surface area contributed by atoms with Gasteiger partial charge in [-0.3, -0.25) is 9.59 Å². The molecule has 2 nitrogen and oxygen atoms in total. The molecule has 7 unspecified atom stereocenters. The average Bonchev–Trinajstić information content (AvgIpc) is 2.76. The van der Waals surface area contributed by atoms with Gasteiger partial charge >= 0.3 is 0 Å². The predicted molar refractivity (Wildman–Crippen MR) is 133 cm³/mol. The van der Waals surface area contributed by atoms with E-state index in [4.69, 9.17) is 0 Å². The second kappa shape index (κ2) is 6.64. The second-order valence-electron chi connectivity index (χ2n) is 15.0. The van der Waals surface area contributed by atoms with Crippen molar-refractivity contribution in [3.8, 4) is 0 Å². The van der Waals surface area contributed by atoms with Gasteiger partial charge in [0.15, 0.2) is 0 Å². The number of Topliss-reactive ketones (excluding diaryl/α,β-unsaturated/α-hetero) is 2. The van der Waals surface area contributed by atoms with E-state index in [1.54, 1.807) is 5.57 Å². The number of hydrogen-bond acceptors (Lipinski definition) is 2. The fraction of sp³-hybridized carbons (Fsp3) is 0.871. The molecule has 6 rings (SSSR count). The van der Waals surface area contributed by atoms with Crippen LogP contribution >= 0.6 is 0 Å². The highest BCUT2D eigenvalue weighted by molar-refractivity contribution is 5.88. The predicted octanol–water partition coefficient (Wildman–Crippen LogP) is 7.56. The van der Waals surface area contributed by atoms with E-state index >= 15 is 0 Å². The van der Waals surface area contributed by atoms with E-state index in [1.807, 2.05) is 0 Å². The molecule has 33 heavy (non-hydrogen) atoms. The first-order valence-electron chi connectivity index (χ1n) is 14.1. The second-order valence-corrected chi connectivity index (χ2v) is 15.0. The molecule has 0 heterocycles. The first-order valence-corrected chi connectivity index (χ1v) is 14.1. The fourth-order valence-corrected chi connectivity index (χ4v) is 11.2. The molecule has 1 spiro atoms. The van der Waals surface area contributed by atoms with Gasteiger partial charge in [-0.25, -0.2) is 0 Å². The minimum atomic E-state index is -0.161. The SMILES string of the molecule is CC1C(=O)C[C@]12CCC1(C)CCC3C(=CCC4C5(C)CCC(=O)C(C)(C)C5CC[C@]34C)C1C2. The van der Waals surface area contributed by atoms with Crippen LogP contribution in [0.1, 0.15) is 112 Å². The zero-order valence-corrected chi connectivity index (χ0v) is 22.1. The van der Waals surface area contributed by atoms with Crippen LogP contribution in [0.4, 0.5) is 0 Å². The summed E-state index contributed by atoms with van der Waals surface area (Å²) in [7, 11) is 0. The zero-order chi connectivity index (χ0) is 23.6. The van der Waals surface area contributed by atoms with Crippen molar-refractivity contribution in [1.29, 1.82) is 0 Å². The van der Waals surface area contributed by atoms with Crippen LogP contribution in [0.25, 0.3) is 0 Å². The van der Waals surface area contributed by atoms with Crippen LogP contribution in [-0.4, -0.2) is 11.6 Å². The molecular weight excluding hydrogens is 404 g/mol. The standard InChI is InChI=1S/C31H46O2/c1-19-23(32)18-31(19)16-15-28(4)12-9-21-20(22(28)17-31)7-8-25-29(21,5)13-10-24-27(2,3)26(33)11-14-30(24,25)6/h7,19,21-22,24-25H,8-18H2,1-6H3/t19?,21?,22?,24?,25?,28?,29-,30?,31-/m1/s1. The fourth-order valence-electron chi connectivity index (χ4n) is 11.2. The van der Waals surface area contributed by atoms with Crippen LogP contribution in [0.2, 0.25) is 0 Å². The lowest BCUT2D eigenvalue weighted by Gasteiger charge is -2.68. The number of carbonyl (C=O) groups excluding carboxylic acids is 2. The highest BCUT2D eigenvalue weighted by Gasteiger charge is 2.65. The molecule has 0 N–H and O–H groups in total. The van der Waals surface area contributed by atoms with Crippen molar-refractivity contribution in [3.63, 3.8) is 0 Å². The number of hydrogen-bond donors (Lipinski definition) is 0. The van der Waals surface area contributed by atoms with Gasteiger partial charge in [-0.2, -0.15) is 0 Å². The number of carbonyl (C=O) groups is 2. The van der Waals surface area contributed by atoms with Crippen LogP contribution < -0.4 is 0 Å². The maximum Gasteiger partial charge on any atom is 0.138 e. The molecule has 6 aliphatic carbocycles. The Morgan fingerprint density at radius 1 is 0.818 bits per heavy atom. The van der Waals surface area contributed by atoms with Gasteiger partial charge in [0.1, 0.15) is 11.6 Å². The molecule has 0 aromatic carbocycles. The van der Waals surface area contributed by atoms with E-state index < -0.39 is 0 Å². The number of fused-ring (bicyclic) bond motifs is 7. The van der Waals surface area contributed by atoms with Gasteiger partial charge in [-0.1, -0.05) is 53.2 Å². The first kappa shape index (κ1) is 22.5. The van der Waals surface area contributed by atoms with Crippen molar-refractivity contribution < 1.29 is 9.59 Å². The third kappa shape index (κ3) is 2.68. The number of ketones is 2. The van der Waals surface area contributed by atoms with Crippen molar-refractivity contribution in [2.75, 3.05) is 0 Å². The number of allylic oxidation sites excluding steroid dienone is 2. The Morgan fingerprint density at radius 3 is 2.27 bits per heavy atom. The third-order valence-electron chi connectivity index (χ3n) is 13.6. The lowest BCUT2D eigenvalue weighted by Crippen LogP contribution is -2.61. The molecule has 5 saturated carbocycles. The highest BCUT2D eigenvalue weighted by atomic mass is 16.1. The Bertz CT molecular complexity index is 943. The number of rotatable bonds is 0. The van der Waals surface area contributed by atoms with Crippen molar-refractivity contribution in [2.24, 2.45) is 56.7 Å². The van der Waals surface area contributed by atoms with Crippen molar-refractivity contribution in [2.45, 2.75) is 112 Å². The summed E-state index contributed by atoms with van der Waals surface area (Å²) in [6, 6.07) is 0. The van der Waals surface area contributed by atoms with Gasteiger partial charge in [0.05, 0.1) is 0 Å². The Kier molecular flexibility index (Phi) is 4.53. The van der Waals surface area contributed by atoms with E-state index in [2.05, 4.69) is 47.6 Å². The Morgan fingerprint density at radius 2 is 1.58 bits per heavy atom. The molecule has 0 bridgehead atoms. The van der Waals surface area contributed by atoms with E-state index in [0.29, 0.717) is 51.5 Å². The quantitative estimate of drug-likeness (QED) is 0.357. The van der Waals surface area contributed by atoms with Gasteiger partial charge in [0, 0.05) is 24.2 Å². The van der Waals surface area contributed by atoms with Gasteiger partial charge in [-0.05, 0) is 103 Å². The smallest absolute Gasteiger partial charge is 0.138 e. The summed E-state index contributed by atoms with van der Waals surface area (Å²) in [4.78, 5) is 25.2. The molecule has 182 valence electrons. The lowest BCUT2D eigenvalue weighted by atomic mass is 9.36. The molecule has 0 aromatic rings. The van der Waals surface area contributed by atoms with E-state index in [-0.39, 0.29) is 16.7 Å². The summed E-state index contributed by atoms with van der Waals surface area (Å²) in [6.07, 6.45) is 15.8. The Balaban J connectivity index is 1.36. The first-order chi connectivity index (χ1) is 15.4. The maximum absolute atomic E-state index is 12.9. The maximum atomic E-state index is 12.9. The molecule has 0 amide bonds. The van der Waals surface area contributed by atoms with Crippen LogP contribution in [0.5, 0.6) is 0 Å². The van der Waals surface area contributed by atoms with Gasteiger partial charge in [0.25, 0.3) is 0 Å². The van der Waals surface area contributed by atoms with E-state index in [0.717, 1.165) is 19.3 Å². The van der Waals surface area contributed by atoms with Crippen LogP contribution in [0.15, 0.2) is 11.6 Å². The average molecular weight is 451 g/mol. The summed E-state index contributed by atoms with van der Waals surface area (Å²) < 4.78 is 0. The van der Waals surface area contributed by atoms with Crippen molar-refractivity contribution in [1.82, 2.24) is 0 Å². The van der Waals surface area contributed by atoms with Crippen LogP contribution in [-0.2, 0) is 9.59 Å². The largest absolute Gasteiger partial charge is 0.299 e. The van der Waals surface area contributed by atoms with Gasteiger partial charge < -0.3 is 0 Å². The van der Waals surface area contributed by atoms with Gasteiger partial charge in [0.2, 0.25) is 0 Å². The summed E-state index contributed by atoms with van der Waals surface area (Å²) in [5.74, 6) is 3.94. The molecule has 0 aromatic heterocycles. The van der Waals surface area contributed by atoms with Crippen LogP contribution in [0.3, 0.4) is 0 Å². The van der Waals surface area contributed by atoms with Crippen molar-refractivity contribution in [3.05, 3.63) is 11.6 Å². The van der Waals surface area contributed by atoms with Crippen LogP contribution in [0, 0.1) is 56.7 Å². The monoisotopic (exact) mass is 450 g/mol. The normalized spacial score (nSPS) is 55.0. The van der Waals surface area contributed by atoms with Gasteiger partial charge in [-0.15, -0.1) is 0 Å². The minimum Gasteiger partial charge on any atom is -0.299 e.